The summed E-state index contributed by atoms with van der Waals surface area (Å²) in [7, 11) is 0. The largest absolute Gasteiger partial charge is 0.475 e. The molecule has 1 heterocycles. The normalized spacial score (nSPS) is 21.9. The molecule has 1 fully saturated rings. The molecule has 5 heteroatoms. The molecule has 0 aliphatic heterocycles. The average Bonchev–Trinajstić information content (AvgIpc) is 3.05. The van der Waals surface area contributed by atoms with Crippen LogP contribution in [0.15, 0.2) is 16.5 Å². The monoisotopic (exact) mass is 279 g/mol. The molecule has 1 saturated carbocycles. The summed E-state index contributed by atoms with van der Waals surface area (Å²) in [4.78, 5) is 22.8. The molecule has 0 saturated heterocycles. The molecule has 2 rings (SSSR count). The number of carboxylic acids is 1. The lowest BCUT2D eigenvalue weighted by Crippen LogP contribution is -2.37. The van der Waals surface area contributed by atoms with Gasteiger partial charge in [-0.1, -0.05) is 26.2 Å². The molecule has 1 aromatic rings. The van der Waals surface area contributed by atoms with E-state index in [9.17, 15) is 9.59 Å². The summed E-state index contributed by atoms with van der Waals surface area (Å²) in [6, 6.07) is 2.90. The molecule has 0 radical (unpaired) electrons. The summed E-state index contributed by atoms with van der Waals surface area (Å²) in [5.74, 6) is -1.07. The number of aromatic carboxylic acids is 1. The molecule has 1 amide bonds. The third-order valence-electron chi connectivity index (χ3n) is 3.94. The Kier molecular flexibility index (Phi) is 4.82. The zero-order valence-corrected chi connectivity index (χ0v) is 11.7. The van der Waals surface area contributed by atoms with Crippen LogP contribution < -0.4 is 5.32 Å². The zero-order chi connectivity index (χ0) is 14.5. The van der Waals surface area contributed by atoms with E-state index in [4.69, 9.17) is 9.52 Å². The van der Waals surface area contributed by atoms with Gasteiger partial charge < -0.3 is 14.8 Å². The van der Waals surface area contributed by atoms with Gasteiger partial charge in [0, 0.05) is 6.04 Å². The number of carbonyl (C=O) groups is 2. The lowest BCUT2D eigenvalue weighted by atomic mass is 9.97. The maximum Gasteiger partial charge on any atom is 0.371 e. The highest BCUT2D eigenvalue weighted by Crippen LogP contribution is 2.30. The van der Waals surface area contributed by atoms with Crippen LogP contribution in [0.5, 0.6) is 0 Å². The standard InChI is InChI=1S/C15H21NO4/c1-2-3-5-10-6-4-7-11(10)16-14(17)12-8-9-13(20-12)15(18)19/h8-11H,2-7H2,1H3,(H,16,17)(H,18,19). The Morgan fingerprint density at radius 1 is 1.35 bits per heavy atom. The van der Waals surface area contributed by atoms with Crippen LogP contribution in [0.4, 0.5) is 0 Å². The Balaban J connectivity index is 1.94. The number of carboxylic acid groups (broad SMARTS) is 1. The topological polar surface area (TPSA) is 79.5 Å². The van der Waals surface area contributed by atoms with E-state index in [1.807, 2.05) is 0 Å². The Bertz CT molecular complexity index is 480. The first-order valence-electron chi connectivity index (χ1n) is 7.25. The van der Waals surface area contributed by atoms with Gasteiger partial charge in [-0.3, -0.25) is 4.79 Å². The van der Waals surface area contributed by atoms with E-state index in [1.165, 1.54) is 18.6 Å². The summed E-state index contributed by atoms with van der Waals surface area (Å²) in [6.45, 7) is 2.17. The van der Waals surface area contributed by atoms with E-state index in [2.05, 4.69) is 12.2 Å². The first-order valence-corrected chi connectivity index (χ1v) is 7.25. The number of hydrogen-bond donors (Lipinski definition) is 2. The third kappa shape index (κ3) is 3.40. The van der Waals surface area contributed by atoms with E-state index < -0.39 is 5.97 Å². The van der Waals surface area contributed by atoms with Crippen molar-refractivity contribution in [2.75, 3.05) is 0 Å². The zero-order valence-electron chi connectivity index (χ0n) is 11.7. The van der Waals surface area contributed by atoms with Crippen molar-refractivity contribution in [1.29, 1.82) is 0 Å². The van der Waals surface area contributed by atoms with Crippen molar-refractivity contribution in [3.63, 3.8) is 0 Å². The smallest absolute Gasteiger partial charge is 0.371 e. The predicted octanol–water partition coefficient (Wildman–Crippen LogP) is 3.07. The fourth-order valence-electron chi connectivity index (χ4n) is 2.85. The van der Waals surface area contributed by atoms with Crippen LogP contribution in [-0.4, -0.2) is 23.0 Å². The summed E-state index contributed by atoms with van der Waals surface area (Å²) >= 11 is 0. The van der Waals surface area contributed by atoms with Crippen molar-refractivity contribution in [1.82, 2.24) is 5.32 Å². The minimum absolute atomic E-state index is 0.0727. The van der Waals surface area contributed by atoms with Gasteiger partial charge in [-0.05, 0) is 37.3 Å². The van der Waals surface area contributed by atoms with Crippen molar-refractivity contribution in [2.45, 2.75) is 51.5 Å². The summed E-state index contributed by atoms with van der Waals surface area (Å²) in [5, 5.41) is 11.8. The van der Waals surface area contributed by atoms with Crippen LogP contribution in [0.1, 0.15) is 66.6 Å². The Hall–Kier alpha value is -1.78. The Morgan fingerprint density at radius 3 is 2.75 bits per heavy atom. The molecule has 5 nitrogen and oxygen atoms in total. The van der Waals surface area contributed by atoms with Crippen LogP contribution >= 0.6 is 0 Å². The molecular weight excluding hydrogens is 258 g/mol. The van der Waals surface area contributed by atoms with Crippen molar-refractivity contribution < 1.29 is 19.1 Å². The minimum Gasteiger partial charge on any atom is -0.475 e. The molecule has 110 valence electrons. The van der Waals surface area contributed by atoms with Crippen molar-refractivity contribution >= 4 is 11.9 Å². The van der Waals surface area contributed by atoms with Gasteiger partial charge in [-0.2, -0.15) is 0 Å². The van der Waals surface area contributed by atoms with Gasteiger partial charge in [0.2, 0.25) is 5.76 Å². The minimum atomic E-state index is -1.16. The van der Waals surface area contributed by atoms with Gasteiger partial charge in [0.15, 0.2) is 5.76 Å². The average molecular weight is 279 g/mol. The van der Waals surface area contributed by atoms with Gasteiger partial charge in [0.25, 0.3) is 5.91 Å². The van der Waals surface area contributed by atoms with Crippen LogP contribution in [0.2, 0.25) is 0 Å². The summed E-state index contributed by atoms with van der Waals surface area (Å²) in [5.41, 5.74) is 0. The van der Waals surface area contributed by atoms with E-state index in [1.54, 1.807) is 0 Å². The predicted molar refractivity (Wildman–Crippen MR) is 73.8 cm³/mol. The van der Waals surface area contributed by atoms with Crippen molar-refractivity contribution in [3.05, 3.63) is 23.7 Å². The molecular formula is C15H21NO4. The molecule has 20 heavy (non-hydrogen) atoms. The molecule has 0 bridgehead atoms. The molecule has 1 aromatic heterocycles. The highest BCUT2D eigenvalue weighted by Gasteiger charge is 2.29. The SMILES string of the molecule is CCCCC1CCCC1NC(=O)c1ccc(C(=O)O)o1. The fraction of sp³-hybridized carbons (Fsp3) is 0.600. The number of carbonyl (C=O) groups excluding carboxylic acids is 1. The molecule has 2 unspecified atom stereocenters. The second-order valence-corrected chi connectivity index (χ2v) is 5.38. The molecule has 1 aliphatic rings. The van der Waals surface area contributed by atoms with Crippen LogP contribution in [0, 0.1) is 5.92 Å². The van der Waals surface area contributed by atoms with Gasteiger partial charge in [-0.15, -0.1) is 0 Å². The van der Waals surface area contributed by atoms with Gasteiger partial charge in [0.1, 0.15) is 0 Å². The molecule has 2 N–H and O–H groups in total. The summed E-state index contributed by atoms with van der Waals surface area (Å²) in [6.07, 6.45) is 6.77. The van der Waals surface area contributed by atoms with E-state index in [0.717, 1.165) is 32.1 Å². The van der Waals surface area contributed by atoms with Gasteiger partial charge in [-0.25, -0.2) is 4.79 Å². The van der Waals surface area contributed by atoms with E-state index in [0.29, 0.717) is 5.92 Å². The second-order valence-electron chi connectivity index (χ2n) is 5.38. The lowest BCUT2D eigenvalue weighted by molar-refractivity contribution is 0.0659. The first-order chi connectivity index (χ1) is 9.61. The number of amides is 1. The quantitative estimate of drug-likeness (QED) is 0.838. The first kappa shape index (κ1) is 14.6. The third-order valence-corrected chi connectivity index (χ3v) is 3.94. The van der Waals surface area contributed by atoms with Crippen molar-refractivity contribution in [3.8, 4) is 0 Å². The maximum absolute atomic E-state index is 12.1. The van der Waals surface area contributed by atoms with E-state index >= 15 is 0 Å². The highest BCUT2D eigenvalue weighted by molar-refractivity contribution is 5.93. The number of nitrogens with one attached hydrogen (secondary N) is 1. The fourth-order valence-corrected chi connectivity index (χ4v) is 2.85. The number of rotatable bonds is 6. The highest BCUT2D eigenvalue weighted by atomic mass is 16.4. The summed E-state index contributed by atoms with van der Waals surface area (Å²) < 4.78 is 5.02. The molecule has 0 aromatic carbocycles. The Labute approximate surface area is 118 Å². The van der Waals surface area contributed by atoms with Gasteiger partial charge in [0.05, 0.1) is 0 Å². The maximum atomic E-state index is 12.1. The Morgan fingerprint density at radius 2 is 2.10 bits per heavy atom. The number of unbranched alkanes of at least 4 members (excludes halogenated alkanes) is 1. The van der Waals surface area contributed by atoms with Crippen LogP contribution in [0.25, 0.3) is 0 Å². The second kappa shape index (κ2) is 6.59. The lowest BCUT2D eigenvalue weighted by Gasteiger charge is -2.20. The van der Waals surface area contributed by atoms with E-state index in [-0.39, 0.29) is 23.5 Å². The molecule has 2 atom stereocenters. The van der Waals surface area contributed by atoms with Gasteiger partial charge >= 0.3 is 5.97 Å². The van der Waals surface area contributed by atoms with Crippen molar-refractivity contribution in [2.24, 2.45) is 5.92 Å². The number of hydrogen-bond acceptors (Lipinski definition) is 3. The number of furan rings is 1. The van der Waals surface area contributed by atoms with Crippen LogP contribution in [0.3, 0.4) is 0 Å². The van der Waals surface area contributed by atoms with Crippen LogP contribution in [-0.2, 0) is 0 Å². The molecule has 1 aliphatic carbocycles. The molecule has 0 spiro atoms.